The molecule has 0 bridgehead atoms. The second kappa shape index (κ2) is 15.0. The smallest absolute Gasteiger partial charge is 0.135 e. The van der Waals surface area contributed by atoms with Crippen molar-refractivity contribution in [2.75, 3.05) is 66.4 Å². The Hall–Kier alpha value is -0.530. The van der Waals surface area contributed by atoms with E-state index in [1.165, 1.54) is 0 Å². The number of carbonyl (C=O) groups is 1. The van der Waals surface area contributed by atoms with Crippen LogP contribution in [0.4, 0.5) is 0 Å². The molecular formula is C17H35NO5. The summed E-state index contributed by atoms with van der Waals surface area (Å²) < 4.78 is 21.1. The van der Waals surface area contributed by atoms with Crippen LogP contribution < -0.4 is 5.32 Å². The molecule has 0 fully saturated rings. The van der Waals surface area contributed by atoms with Gasteiger partial charge < -0.3 is 24.3 Å². The number of carbonyl (C=O) groups excluding carboxylic acids is 1. The Bertz CT molecular complexity index is 279. The predicted octanol–water partition coefficient (Wildman–Crippen LogP) is 1.67. The van der Waals surface area contributed by atoms with E-state index in [0.29, 0.717) is 59.1 Å². The summed E-state index contributed by atoms with van der Waals surface area (Å²) in [5, 5.41) is 3.20. The van der Waals surface area contributed by atoms with Crippen LogP contribution in [0.2, 0.25) is 0 Å². The van der Waals surface area contributed by atoms with E-state index in [0.717, 1.165) is 13.1 Å². The van der Waals surface area contributed by atoms with Crippen LogP contribution in [0.1, 0.15) is 33.6 Å². The van der Waals surface area contributed by atoms with Gasteiger partial charge in [0.15, 0.2) is 0 Å². The Kier molecular flexibility index (Phi) is 14.7. The quantitative estimate of drug-likeness (QED) is 0.433. The second-order valence-electron chi connectivity index (χ2n) is 6.61. The van der Waals surface area contributed by atoms with Gasteiger partial charge in [-0.3, -0.25) is 4.79 Å². The van der Waals surface area contributed by atoms with Gasteiger partial charge in [0, 0.05) is 33.0 Å². The minimum atomic E-state index is 0.0551. The van der Waals surface area contributed by atoms with Crippen molar-refractivity contribution in [1.29, 1.82) is 0 Å². The molecule has 0 amide bonds. The van der Waals surface area contributed by atoms with Crippen LogP contribution in [-0.4, -0.2) is 72.2 Å². The zero-order chi connectivity index (χ0) is 17.4. The van der Waals surface area contributed by atoms with Crippen molar-refractivity contribution in [1.82, 2.24) is 5.32 Å². The third-order valence-electron chi connectivity index (χ3n) is 2.90. The molecule has 0 spiro atoms. The molecule has 0 saturated carbocycles. The fourth-order valence-electron chi connectivity index (χ4n) is 1.85. The Balaban J connectivity index is 3.15. The van der Waals surface area contributed by atoms with Crippen LogP contribution in [0.15, 0.2) is 0 Å². The lowest BCUT2D eigenvalue weighted by Crippen LogP contribution is -2.24. The summed E-state index contributed by atoms with van der Waals surface area (Å²) in [6.45, 7) is 11.9. The molecular weight excluding hydrogens is 298 g/mol. The van der Waals surface area contributed by atoms with E-state index < -0.39 is 0 Å². The molecule has 0 aromatic carbocycles. The zero-order valence-electron chi connectivity index (χ0n) is 15.3. The maximum Gasteiger partial charge on any atom is 0.135 e. The van der Waals surface area contributed by atoms with Crippen LogP contribution in [0, 0.1) is 5.41 Å². The summed E-state index contributed by atoms with van der Waals surface area (Å²) in [4.78, 5) is 11.6. The normalized spacial score (nSPS) is 11.8. The van der Waals surface area contributed by atoms with Crippen LogP contribution in [0.25, 0.3) is 0 Å². The number of nitrogens with one attached hydrogen (secondary N) is 1. The van der Waals surface area contributed by atoms with Gasteiger partial charge in [0.25, 0.3) is 0 Å². The van der Waals surface area contributed by atoms with Crippen LogP contribution in [0.3, 0.4) is 0 Å². The first-order valence-electron chi connectivity index (χ1n) is 8.40. The highest BCUT2D eigenvalue weighted by Gasteiger charge is 2.15. The molecule has 0 rings (SSSR count). The summed E-state index contributed by atoms with van der Waals surface area (Å²) in [6, 6.07) is 0. The van der Waals surface area contributed by atoms with Crippen LogP contribution >= 0.6 is 0 Å². The Morgan fingerprint density at radius 1 is 0.826 bits per heavy atom. The van der Waals surface area contributed by atoms with Crippen molar-refractivity contribution < 1.29 is 23.7 Å². The first-order valence-corrected chi connectivity index (χ1v) is 8.40. The van der Waals surface area contributed by atoms with E-state index in [1.54, 1.807) is 7.11 Å². The van der Waals surface area contributed by atoms with E-state index in [4.69, 9.17) is 18.9 Å². The first kappa shape index (κ1) is 22.5. The molecule has 0 saturated heterocycles. The van der Waals surface area contributed by atoms with Crippen LogP contribution in [0.5, 0.6) is 0 Å². The lowest BCUT2D eigenvalue weighted by Gasteiger charge is -2.16. The summed E-state index contributed by atoms with van der Waals surface area (Å²) >= 11 is 0. The van der Waals surface area contributed by atoms with Gasteiger partial charge in [-0.1, -0.05) is 20.8 Å². The number of rotatable bonds is 16. The molecule has 0 aliphatic heterocycles. The summed E-state index contributed by atoms with van der Waals surface area (Å²) in [6.07, 6.45) is 1.08. The fraction of sp³-hybridized carbons (Fsp3) is 0.941. The highest BCUT2D eigenvalue weighted by atomic mass is 16.5. The van der Waals surface area contributed by atoms with E-state index in [1.807, 2.05) is 0 Å². The molecule has 0 unspecified atom stereocenters. The molecule has 0 aromatic rings. The number of ether oxygens (including phenoxy) is 4. The molecule has 0 atom stereocenters. The summed E-state index contributed by atoms with van der Waals surface area (Å²) in [5.41, 5.74) is 0.0551. The Morgan fingerprint density at radius 2 is 1.35 bits per heavy atom. The van der Waals surface area contributed by atoms with E-state index in [9.17, 15) is 4.79 Å². The third kappa shape index (κ3) is 19.4. The predicted molar refractivity (Wildman–Crippen MR) is 90.9 cm³/mol. The molecule has 0 aromatic heterocycles. The van der Waals surface area contributed by atoms with Gasteiger partial charge >= 0.3 is 0 Å². The van der Waals surface area contributed by atoms with Crippen LogP contribution in [-0.2, 0) is 23.7 Å². The third-order valence-corrected chi connectivity index (χ3v) is 2.90. The highest BCUT2D eigenvalue weighted by Crippen LogP contribution is 2.19. The largest absolute Gasteiger partial charge is 0.383 e. The SMILES string of the molecule is COCCNCCOCCOCCOCCC(=O)CC(C)(C)C. The van der Waals surface area contributed by atoms with E-state index in [2.05, 4.69) is 26.1 Å². The fourth-order valence-corrected chi connectivity index (χ4v) is 1.85. The van der Waals surface area contributed by atoms with E-state index in [-0.39, 0.29) is 11.2 Å². The lowest BCUT2D eigenvalue weighted by molar-refractivity contribution is -0.121. The molecule has 138 valence electrons. The number of Topliss-reactive ketones (excluding diaryl/α,β-unsaturated/α-hetero) is 1. The van der Waals surface area contributed by atoms with Crippen molar-refractivity contribution >= 4 is 5.78 Å². The maximum absolute atomic E-state index is 11.6. The Morgan fingerprint density at radius 3 is 1.91 bits per heavy atom. The standard InChI is InChI=1S/C17H35NO5/c1-17(2,3)15-16(19)5-8-21-11-13-23-14-12-22-10-7-18-6-9-20-4/h18H,5-15H2,1-4H3. The monoisotopic (exact) mass is 333 g/mol. The molecule has 1 N–H and O–H groups in total. The molecule has 0 aliphatic carbocycles. The molecule has 0 heterocycles. The molecule has 0 radical (unpaired) electrons. The molecule has 0 aliphatic rings. The lowest BCUT2D eigenvalue weighted by atomic mass is 9.89. The molecule has 23 heavy (non-hydrogen) atoms. The van der Waals surface area contributed by atoms with Crippen molar-refractivity contribution in [3.8, 4) is 0 Å². The molecule has 6 heteroatoms. The average Bonchev–Trinajstić information content (AvgIpc) is 2.46. The summed E-state index contributed by atoms with van der Waals surface area (Å²) in [5.74, 6) is 0.255. The van der Waals surface area contributed by atoms with Crippen molar-refractivity contribution in [2.45, 2.75) is 33.6 Å². The minimum absolute atomic E-state index is 0.0551. The van der Waals surface area contributed by atoms with Crippen molar-refractivity contribution in [3.05, 3.63) is 0 Å². The van der Waals surface area contributed by atoms with Crippen molar-refractivity contribution in [2.24, 2.45) is 5.41 Å². The van der Waals surface area contributed by atoms with Gasteiger partial charge in [0.1, 0.15) is 5.78 Å². The number of methoxy groups -OCH3 is 1. The number of hydrogen-bond donors (Lipinski definition) is 1. The van der Waals surface area contributed by atoms with Gasteiger partial charge in [-0.15, -0.1) is 0 Å². The second-order valence-corrected chi connectivity index (χ2v) is 6.61. The van der Waals surface area contributed by atoms with Crippen molar-refractivity contribution in [3.63, 3.8) is 0 Å². The zero-order valence-corrected chi connectivity index (χ0v) is 15.3. The topological polar surface area (TPSA) is 66.0 Å². The molecule has 6 nitrogen and oxygen atoms in total. The number of hydrogen-bond acceptors (Lipinski definition) is 6. The minimum Gasteiger partial charge on any atom is -0.383 e. The average molecular weight is 333 g/mol. The van der Waals surface area contributed by atoms with Gasteiger partial charge in [-0.2, -0.15) is 0 Å². The number of ketones is 1. The van der Waals surface area contributed by atoms with Gasteiger partial charge in [-0.05, 0) is 5.41 Å². The van der Waals surface area contributed by atoms with Gasteiger partial charge in [-0.25, -0.2) is 0 Å². The summed E-state index contributed by atoms with van der Waals surface area (Å²) in [7, 11) is 1.68. The van der Waals surface area contributed by atoms with Gasteiger partial charge in [0.05, 0.1) is 46.2 Å². The Labute approximate surface area is 141 Å². The maximum atomic E-state index is 11.6. The first-order chi connectivity index (χ1) is 11.0. The van der Waals surface area contributed by atoms with Gasteiger partial charge in [0.2, 0.25) is 0 Å². The van der Waals surface area contributed by atoms with E-state index >= 15 is 0 Å². The highest BCUT2D eigenvalue weighted by molar-refractivity contribution is 5.79.